The van der Waals surface area contributed by atoms with Crippen LogP contribution in [0.2, 0.25) is 0 Å². The van der Waals surface area contributed by atoms with Crippen molar-refractivity contribution in [3.05, 3.63) is 29.3 Å². The smallest absolute Gasteiger partial charge is 0.296 e. The number of anilines is 1. The average molecular weight is 191 g/mol. The molecular weight excluding hydrogens is 182 g/mol. The number of amides is 1. The van der Waals surface area contributed by atoms with E-state index in [0.717, 1.165) is 0 Å². The van der Waals surface area contributed by atoms with Crippen LogP contribution in [0, 0.1) is 0 Å². The van der Waals surface area contributed by atoms with Crippen molar-refractivity contribution in [2.45, 2.75) is 6.42 Å². The third-order valence-corrected chi connectivity index (χ3v) is 2.21. The van der Waals surface area contributed by atoms with Gasteiger partial charge in [-0.2, -0.15) is 0 Å². The number of aliphatic hydroxyl groups excluding tert-OH is 1. The molecule has 2 N–H and O–H groups in total. The summed E-state index contributed by atoms with van der Waals surface area (Å²) in [6.45, 7) is -0.0298. The van der Waals surface area contributed by atoms with Crippen molar-refractivity contribution >= 4 is 17.4 Å². The highest BCUT2D eigenvalue weighted by molar-refractivity contribution is 6.52. The second-order valence-corrected chi connectivity index (χ2v) is 3.10. The summed E-state index contributed by atoms with van der Waals surface area (Å²) in [5.74, 6) is -1.10. The van der Waals surface area contributed by atoms with Gasteiger partial charge in [0.25, 0.3) is 11.7 Å². The summed E-state index contributed by atoms with van der Waals surface area (Å²) < 4.78 is 0. The summed E-state index contributed by atoms with van der Waals surface area (Å²) in [6, 6.07) is 5.18. The molecule has 1 aromatic rings. The summed E-state index contributed by atoms with van der Waals surface area (Å²) in [7, 11) is 0. The molecule has 0 saturated heterocycles. The number of fused-ring (bicyclic) bond motifs is 1. The van der Waals surface area contributed by atoms with Crippen LogP contribution in [0.1, 0.15) is 15.9 Å². The van der Waals surface area contributed by atoms with E-state index >= 15 is 0 Å². The van der Waals surface area contributed by atoms with E-state index in [4.69, 9.17) is 5.11 Å². The van der Waals surface area contributed by atoms with Gasteiger partial charge < -0.3 is 10.4 Å². The summed E-state index contributed by atoms with van der Waals surface area (Å²) in [5.41, 5.74) is 1.67. The third kappa shape index (κ3) is 1.20. The Morgan fingerprint density at radius 3 is 2.79 bits per heavy atom. The molecule has 0 saturated carbocycles. The van der Waals surface area contributed by atoms with Crippen LogP contribution >= 0.6 is 0 Å². The van der Waals surface area contributed by atoms with Gasteiger partial charge in [-0.15, -0.1) is 0 Å². The lowest BCUT2D eigenvalue weighted by Crippen LogP contribution is -2.13. The Labute approximate surface area is 80.6 Å². The van der Waals surface area contributed by atoms with E-state index < -0.39 is 11.7 Å². The van der Waals surface area contributed by atoms with E-state index in [9.17, 15) is 9.59 Å². The molecule has 0 spiro atoms. The lowest BCUT2D eigenvalue weighted by molar-refractivity contribution is -0.112. The Morgan fingerprint density at radius 2 is 2.07 bits per heavy atom. The van der Waals surface area contributed by atoms with Crippen molar-refractivity contribution in [1.82, 2.24) is 0 Å². The second kappa shape index (κ2) is 3.23. The minimum Gasteiger partial charge on any atom is -0.396 e. The zero-order chi connectivity index (χ0) is 10.1. The summed E-state index contributed by atoms with van der Waals surface area (Å²) >= 11 is 0. The van der Waals surface area contributed by atoms with Crippen LogP contribution in [0.4, 0.5) is 5.69 Å². The molecule has 1 heterocycles. The number of nitrogens with one attached hydrogen (secondary N) is 1. The molecule has 4 heteroatoms. The highest BCUT2D eigenvalue weighted by atomic mass is 16.3. The van der Waals surface area contributed by atoms with E-state index in [1.165, 1.54) is 0 Å². The second-order valence-electron chi connectivity index (χ2n) is 3.10. The molecular formula is C10H9NO3. The molecule has 0 fully saturated rings. The van der Waals surface area contributed by atoms with Crippen molar-refractivity contribution in [1.29, 1.82) is 0 Å². The number of hydrogen-bond acceptors (Lipinski definition) is 3. The molecule has 1 aromatic carbocycles. The lowest BCUT2D eigenvalue weighted by Gasteiger charge is -2.03. The number of carbonyl (C=O) groups excluding carboxylic acids is 2. The fraction of sp³-hybridized carbons (Fsp3) is 0.200. The molecule has 0 aliphatic carbocycles. The van der Waals surface area contributed by atoms with E-state index in [-0.39, 0.29) is 6.61 Å². The molecule has 0 bridgehead atoms. The first-order chi connectivity index (χ1) is 6.74. The highest BCUT2D eigenvalue weighted by Gasteiger charge is 2.29. The molecule has 0 unspecified atom stereocenters. The maximum atomic E-state index is 11.4. The standard InChI is InChI=1S/C10H9NO3/c12-5-4-6-2-1-3-7-8(6)9(13)10(14)11-7/h1-3,12H,4-5H2,(H,11,13,14). The minimum absolute atomic E-state index is 0.0298. The van der Waals surface area contributed by atoms with Gasteiger partial charge in [0.1, 0.15) is 0 Å². The SMILES string of the molecule is O=C1Nc2cccc(CCO)c2C1=O. The number of carbonyl (C=O) groups is 2. The van der Waals surface area contributed by atoms with Crippen LogP contribution in [0.3, 0.4) is 0 Å². The van der Waals surface area contributed by atoms with Crippen molar-refractivity contribution < 1.29 is 14.7 Å². The largest absolute Gasteiger partial charge is 0.396 e. The number of benzene rings is 1. The Balaban J connectivity index is 2.52. The molecule has 0 radical (unpaired) electrons. The van der Waals surface area contributed by atoms with Crippen molar-refractivity contribution in [2.24, 2.45) is 0 Å². The molecule has 1 aliphatic rings. The van der Waals surface area contributed by atoms with Crippen LogP contribution in [0.15, 0.2) is 18.2 Å². The highest BCUT2D eigenvalue weighted by Crippen LogP contribution is 2.26. The van der Waals surface area contributed by atoms with Crippen LogP contribution in [-0.4, -0.2) is 23.4 Å². The molecule has 0 aromatic heterocycles. The van der Waals surface area contributed by atoms with Crippen molar-refractivity contribution in [3.8, 4) is 0 Å². The molecule has 72 valence electrons. The zero-order valence-electron chi connectivity index (χ0n) is 7.41. The van der Waals surface area contributed by atoms with E-state index in [2.05, 4.69) is 5.32 Å². The van der Waals surface area contributed by atoms with Crippen LogP contribution in [0.25, 0.3) is 0 Å². The van der Waals surface area contributed by atoms with Gasteiger partial charge in [0.2, 0.25) is 0 Å². The Morgan fingerprint density at radius 1 is 1.29 bits per heavy atom. The van der Waals surface area contributed by atoms with E-state index in [0.29, 0.717) is 23.2 Å². The average Bonchev–Trinajstić information content (AvgIpc) is 2.45. The third-order valence-electron chi connectivity index (χ3n) is 2.21. The topological polar surface area (TPSA) is 66.4 Å². The van der Waals surface area contributed by atoms with Crippen molar-refractivity contribution in [2.75, 3.05) is 11.9 Å². The van der Waals surface area contributed by atoms with Gasteiger partial charge in [0.15, 0.2) is 0 Å². The molecule has 2 rings (SSSR count). The Bertz CT molecular complexity index is 412. The number of Topliss-reactive ketones (excluding diaryl/α,β-unsaturated/α-hetero) is 1. The van der Waals surface area contributed by atoms with Gasteiger partial charge in [-0.25, -0.2) is 0 Å². The van der Waals surface area contributed by atoms with Gasteiger partial charge >= 0.3 is 0 Å². The van der Waals surface area contributed by atoms with E-state index in [1.54, 1.807) is 18.2 Å². The van der Waals surface area contributed by atoms with Gasteiger partial charge in [0, 0.05) is 6.61 Å². The molecule has 14 heavy (non-hydrogen) atoms. The predicted octanol–water partition coefficient (Wildman–Crippen LogP) is 0.356. The number of aliphatic hydroxyl groups is 1. The molecule has 0 atom stereocenters. The fourth-order valence-corrected chi connectivity index (χ4v) is 1.59. The van der Waals surface area contributed by atoms with Crippen molar-refractivity contribution in [3.63, 3.8) is 0 Å². The fourth-order valence-electron chi connectivity index (χ4n) is 1.59. The zero-order valence-corrected chi connectivity index (χ0v) is 7.41. The number of rotatable bonds is 2. The normalized spacial score (nSPS) is 14.1. The van der Waals surface area contributed by atoms with Gasteiger partial charge in [0.05, 0.1) is 11.3 Å². The van der Waals surface area contributed by atoms with Crippen LogP contribution < -0.4 is 5.32 Å². The maximum Gasteiger partial charge on any atom is 0.296 e. The first kappa shape index (κ1) is 8.90. The monoisotopic (exact) mass is 191 g/mol. The summed E-state index contributed by atoms with van der Waals surface area (Å²) in [6.07, 6.45) is 0.393. The molecule has 4 nitrogen and oxygen atoms in total. The van der Waals surface area contributed by atoms with Gasteiger partial charge in [-0.3, -0.25) is 9.59 Å². The summed E-state index contributed by atoms with van der Waals surface area (Å²) in [5, 5.41) is 11.3. The number of hydrogen-bond donors (Lipinski definition) is 2. The van der Waals surface area contributed by atoms with Gasteiger partial charge in [-0.05, 0) is 18.1 Å². The Hall–Kier alpha value is -1.68. The van der Waals surface area contributed by atoms with Gasteiger partial charge in [-0.1, -0.05) is 12.1 Å². The maximum absolute atomic E-state index is 11.4. The quantitative estimate of drug-likeness (QED) is 0.663. The molecule has 1 aliphatic heterocycles. The van der Waals surface area contributed by atoms with Crippen LogP contribution in [-0.2, 0) is 11.2 Å². The lowest BCUT2D eigenvalue weighted by atomic mass is 10.0. The first-order valence-corrected chi connectivity index (χ1v) is 4.32. The summed E-state index contributed by atoms with van der Waals surface area (Å²) in [4.78, 5) is 22.5. The Kier molecular flexibility index (Phi) is 2.05. The number of ketones is 1. The first-order valence-electron chi connectivity index (χ1n) is 4.32. The molecule has 1 amide bonds. The van der Waals surface area contributed by atoms with E-state index in [1.807, 2.05) is 0 Å². The minimum atomic E-state index is -0.592. The van der Waals surface area contributed by atoms with Crippen LogP contribution in [0.5, 0.6) is 0 Å². The predicted molar refractivity (Wildman–Crippen MR) is 50.2 cm³/mol.